The van der Waals surface area contributed by atoms with E-state index in [1.54, 1.807) is 37.3 Å². The van der Waals surface area contributed by atoms with Crippen LogP contribution < -0.4 is 10.6 Å². The fourth-order valence-corrected chi connectivity index (χ4v) is 5.46. The normalized spacial score (nSPS) is 15.0. The van der Waals surface area contributed by atoms with Crippen LogP contribution in [0.15, 0.2) is 47.4 Å². The van der Waals surface area contributed by atoms with Gasteiger partial charge in [-0.1, -0.05) is 31.0 Å². The second-order valence-corrected chi connectivity index (χ2v) is 9.70. The van der Waals surface area contributed by atoms with Crippen LogP contribution in [-0.2, 0) is 14.8 Å². The predicted molar refractivity (Wildman–Crippen MR) is 123 cm³/mol. The SMILES string of the molecule is Cc1ccc(NC(=O)CCNc2ccccc2[N+](=O)[O-])cc1S(=O)(=O)N1CCCCCC1. The zero-order chi connectivity index (χ0) is 23.1. The largest absolute Gasteiger partial charge is 0.379 e. The van der Waals surface area contributed by atoms with Crippen LogP contribution in [0.4, 0.5) is 17.1 Å². The molecule has 0 aliphatic carbocycles. The van der Waals surface area contributed by atoms with Crippen molar-refractivity contribution in [1.82, 2.24) is 4.31 Å². The molecule has 1 aliphatic heterocycles. The summed E-state index contributed by atoms with van der Waals surface area (Å²) in [6.07, 6.45) is 3.82. The molecule has 2 aromatic carbocycles. The molecule has 0 bridgehead atoms. The van der Waals surface area contributed by atoms with Gasteiger partial charge in [0, 0.05) is 37.8 Å². The van der Waals surface area contributed by atoms with Crippen LogP contribution in [0.2, 0.25) is 0 Å². The first-order valence-electron chi connectivity index (χ1n) is 10.7. The van der Waals surface area contributed by atoms with Crippen molar-refractivity contribution in [2.75, 3.05) is 30.3 Å². The number of para-hydroxylation sites is 2. The minimum absolute atomic E-state index is 0.0604. The van der Waals surface area contributed by atoms with Crippen molar-refractivity contribution in [3.05, 3.63) is 58.1 Å². The van der Waals surface area contributed by atoms with E-state index in [9.17, 15) is 23.3 Å². The van der Waals surface area contributed by atoms with Crippen molar-refractivity contribution in [1.29, 1.82) is 0 Å². The maximum Gasteiger partial charge on any atom is 0.292 e. The summed E-state index contributed by atoms with van der Waals surface area (Å²) >= 11 is 0. The summed E-state index contributed by atoms with van der Waals surface area (Å²) < 4.78 is 27.9. The molecule has 0 aromatic heterocycles. The number of hydrogen-bond acceptors (Lipinski definition) is 6. The molecule has 0 unspecified atom stereocenters. The number of benzene rings is 2. The minimum Gasteiger partial charge on any atom is -0.379 e. The molecule has 0 spiro atoms. The molecule has 1 aliphatic rings. The fourth-order valence-electron chi connectivity index (χ4n) is 3.69. The van der Waals surface area contributed by atoms with Gasteiger partial charge in [-0.15, -0.1) is 0 Å². The highest BCUT2D eigenvalue weighted by atomic mass is 32.2. The van der Waals surface area contributed by atoms with Crippen molar-refractivity contribution < 1.29 is 18.1 Å². The third kappa shape index (κ3) is 5.83. The third-order valence-electron chi connectivity index (χ3n) is 5.42. The van der Waals surface area contributed by atoms with Gasteiger partial charge in [0.15, 0.2) is 0 Å². The minimum atomic E-state index is -3.63. The third-order valence-corrected chi connectivity index (χ3v) is 7.46. The Morgan fingerprint density at radius 1 is 1.09 bits per heavy atom. The number of amides is 1. The number of anilines is 2. The van der Waals surface area contributed by atoms with E-state index in [0.29, 0.717) is 30.0 Å². The smallest absolute Gasteiger partial charge is 0.292 e. The number of carbonyl (C=O) groups excluding carboxylic acids is 1. The van der Waals surface area contributed by atoms with E-state index in [0.717, 1.165) is 25.7 Å². The highest BCUT2D eigenvalue weighted by Crippen LogP contribution is 2.26. The molecule has 1 heterocycles. The average molecular weight is 461 g/mol. The van der Waals surface area contributed by atoms with E-state index < -0.39 is 14.9 Å². The average Bonchev–Trinajstić information content (AvgIpc) is 3.05. The number of nitrogens with zero attached hydrogens (tertiary/aromatic N) is 2. The Balaban J connectivity index is 1.64. The van der Waals surface area contributed by atoms with Gasteiger partial charge in [0.25, 0.3) is 5.69 Å². The lowest BCUT2D eigenvalue weighted by Crippen LogP contribution is -2.32. The molecule has 1 fully saturated rings. The lowest BCUT2D eigenvalue weighted by molar-refractivity contribution is -0.384. The molecule has 0 saturated carbocycles. The summed E-state index contributed by atoms with van der Waals surface area (Å²) in [5.74, 6) is -0.321. The van der Waals surface area contributed by atoms with Gasteiger partial charge in [0.1, 0.15) is 5.69 Å². The molecule has 0 atom stereocenters. The number of nitrogens with one attached hydrogen (secondary N) is 2. The standard InChI is InChI=1S/C22H28N4O5S/c1-17-10-11-18(16-21(17)32(30,31)25-14-6-2-3-7-15-25)24-22(27)12-13-23-19-8-4-5-9-20(19)26(28)29/h4-5,8-11,16,23H,2-3,6-7,12-15H2,1H3,(H,24,27). The van der Waals surface area contributed by atoms with Gasteiger partial charge < -0.3 is 10.6 Å². The molecule has 32 heavy (non-hydrogen) atoms. The van der Waals surface area contributed by atoms with E-state index >= 15 is 0 Å². The first-order valence-corrected chi connectivity index (χ1v) is 12.1. The predicted octanol–water partition coefficient (Wildman–Crippen LogP) is 3.91. The molecule has 1 amide bonds. The van der Waals surface area contributed by atoms with Crippen LogP contribution in [0.1, 0.15) is 37.7 Å². The Kier molecular flexibility index (Phi) is 7.81. The molecular formula is C22H28N4O5S. The molecule has 0 radical (unpaired) electrons. The molecular weight excluding hydrogens is 432 g/mol. The summed E-state index contributed by atoms with van der Waals surface area (Å²) in [7, 11) is -3.63. The topological polar surface area (TPSA) is 122 Å². The van der Waals surface area contributed by atoms with Gasteiger partial charge in [-0.05, 0) is 43.5 Å². The lowest BCUT2D eigenvalue weighted by Gasteiger charge is -2.21. The summed E-state index contributed by atoms with van der Waals surface area (Å²) in [5.41, 5.74) is 1.31. The van der Waals surface area contributed by atoms with Crippen LogP contribution in [0.5, 0.6) is 0 Å². The zero-order valence-electron chi connectivity index (χ0n) is 18.0. The van der Waals surface area contributed by atoms with Crippen LogP contribution >= 0.6 is 0 Å². The van der Waals surface area contributed by atoms with Gasteiger partial charge in [-0.2, -0.15) is 4.31 Å². The van der Waals surface area contributed by atoms with Crippen LogP contribution in [0.3, 0.4) is 0 Å². The van der Waals surface area contributed by atoms with Crippen LogP contribution in [0, 0.1) is 17.0 Å². The summed E-state index contributed by atoms with van der Waals surface area (Å²) in [6, 6.07) is 11.1. The number of sulfonamides is 1. The molecule has 2 aromatic rings. The monoisotopic (exact) mass is 460 g/mol. The maximum absolute atomic E-state index is 13.2. The van der Waals surface area contributed by atoms with Crippen molar-refractivity contribution >= 4 is 33.0 Å². The van der Waals surface area contributed by atoms with E-state index in [4.69, 9.17) is 0 Å². The van der Waals surface area contributed by atoms with Crippen LogP contribution in [-0.4, -0.2) is 43.2 Å². The van der Waals surface area contributed by atoms with Crippen molar-refractivity contribution in [3.63, 3.8) is 0 Å². The Morgan fingerprint density at radius 2 is 1.78 bits per heavy atom. The Hall–Kier alpha value is -2.98. The molecule has 10 heteroatoms. The Labute approximate surface area is 188 Å². The quantitative estimate of drug-likeness (QED) is 0.455. The molecule has 172 valence electrons. The lowest BCUT2D eigenvalue weighted by atomic mass is 10.2. The highest BCUT2D eigenvalue weighted by molar-refractivity contribution is 7.89. The van der Waals surface area contributed by atoms with Gasteiger partial charge in [-0.3, -0.25) is 14.9 Å². The Morgan fingerprint density at radius 3 is 2.47 bits per heavy atom. The fraction of sp³-hybridized carbons (Fsp3) is 0.409. The van der Waals surface area contributed by atoms with E-state index in [-0.39, 0.29) is 29.5 Å². The number of nitro benzene ring substituents is 1. The van der Waals surface area contributed by atoms with E-state index in [1.807, 2.05) is 0 Å². The summed E-state index contributed by atoms with van der Waals surface area (Å²) in [6.45, 7) is 2.96. The first kappa shape index (κ1) is 23.7. The molecule has 9 nitrogen and oxygen atoms in total. The van der Waals surface area contributed by atoms with E-state index in [1.165, 1.54) is 16.4 Å². The number of aryl methyl sites for hydroxylation is 1. The Bertz CT molecular complexity index is 1080. The van der Waals surface area contributed by atoms with Crippen LogP contribution in [0.25, 0.3) is 0 Å². The van der Waals surface area contributed by atoms with Gasteiger partial charge in [0.2, 0.25) is 15.9 Å². The molecule has 1 saturated heterocycles. The number of carbonyl (C=O) groups is 1. The number of nitro groups is 1. The molecule has 3 rings (SSSR count). The summed E-state index contributed by atoms with van der Waals surface area (Å²) in [4.78, 5) is 23.2. The van der Waals surface area contributed by atoms with Crippen molar-refractivity contribution in [2.24, 2.45) is 0 Å². The highest BCUT2D eigenvalue weighted by Gasteiger charge is 2.27. The summed E-state index contributed by atoms with van der Waals surface area (Å²) in [5, 5.41) is 16.7. The number of hydrogen-bond donors (Lipinski definition) is 2. The van der Waals surface area contributed by atoms with Gasteiger partial charge >= 0.3 is 0 Å². The number of rotatable bonds is 8. The second kappa shape index (κ2) is 10.6. The molecule has 2 N–H and O–H groups in total. The van der Waals surface area contributed by atoms with Gasteiger partial charge in [-0.25, -0.2) is 8.42 Å². The van der Waals surface area contributed by atoms with Crippen molar-refractivity contribution in [3.8, 4) is 0 Å². The second-order valence-electron chi connectivity index (χ2n) is 7.80. The van der Waals surface area contributed by atoms with Gasteiger partial charge in [0.05, 0.1) is 9.82 Å². The zero-order valence-corrected chi connectivity index (χ0v) is 18.9. The van der Waals surface area contributed by atoms with Crippen molar-refractivity contribution in [2.45, 2.75) is 43.9 Å². The maximum atomic E-state index is 13.2. The first-order chi connectivity index (χ1) is 15.3. The van der Waals surface area contributed by atoms with E-state index in [2.05, 4.69) is 10.6 Å².